The van der Waals surface area contributed by atoms with Crippen LogP contribution in [0.1, 0.15) is 5.56 Å². The van der Waals surface area contributed by atoms with Crippen molar-refractivity contribution in [2.24, 2.45) is 5.73 Å². The van der Waals surface area contributed by atoms with E-state index in [0.717, 1.165) is 5.39 Å². The number of rotatable bonds is 5. The summed E-state index contributed by atoms with van der Waals surface area (Å²) < 4.78 is 10.4. The average molecular weight is 261 g/mol. The molecular formula is C13H15N3O3. The molecule has 1 heterocycles. The van der Waals surface area contributed by atoms with Gasteiger partial charge in [-0.1, -0.05) is 18.2 Å². The molecule has 0 atom stereocenters. The Labute approximate surface area is 109 Å². The highest BCUT2D eigenvalue weighted by Crippen LogP contribution is 2.12. The highest BCUT2D eigenvalue weighted by molar-refractivity contribution is 5.76. The third kappa shape index (κ3) is 3.56. The molecule has 0 radical (unpaired) electrons. The maximum absolute atomic E-state index is 11.7. The zero-order valence-corrected chi connectivity index (χ0v) is 10.3. The summed E-state index contributed by atoms with van der Waals surface area (Å²) in [6.45, 7) is 0.498. The van der Waals surface area contributed by atoms with Gasteiger partial charge in [0.2, 0.25) is 0 Å². The Hall–Kier alpha value is -2.34. The number of para-hydroxylation sites is 1. The Morgan fingerprint density at radius 3 is 3.00 bits per heavy atom. The second-order valence-electron chi connectivity index (χ2n) is 3.99. The lowest BCUT2D eigenvalue weighted by Crippen LogP contribution is -2.32. The van der Waals surface area contributed by atoms with Gasteiger partial charge in [0, 0.05) is 17.4 Å². The molecule has 19 heavy (non-hydrogen) atoms. The quantitative estimate of drug-likeness (QED) is 0.243. The van der Waals surface area contributed by atoms with Crippen molar-refractivity contribution >= 4 is 16.9 Å². The van der Waals surface area contributed by atoms with Gasteiger partial charge in [-0.3, -0.25) is 5.41 Å². The summed E-state index contributed by atoms with van der Waals surface area (Å²) >= 11 is 0. The van der Waals surface area contributed by atoms with Crippen molar-refractivity contribution in [1.29, 1.82) is 5.41 Å². The molecule has 0 aliphatic carbocycles. The van der Waals surface area contributed by atoms with Gasteiger partial charge in [-0.25, -0.2) is 4.79 Å². The van der Waals surface area contributed by atoms with Gasteiger partial charge in [0.25, 0.3) is 0 Å². The Kier molecular flexibility index (Phi) is 4.15. The number of fused-ring (bicyclic) bond motifs is 1. The van der Waals surface area contributed by atoms with Gasteiger partial charge in [-0.15, -0.1) is 0 Å². The maximum Gasteiger partial charge on any atom is 0.339 e. The molecule has 6 nitrogen and oxygen atoms in total. The molecule has 0 fully saturated rings. The second kappa shape index (κ2) is 6.01. The standard InChI is InChI=1S/C13H15N3O3/c14-13(15)16-8-18-6-5-10-7-9-3-1-2-4-11(9)19-12(10)17/h1-4,7H,5-6,8H2,(H4,14,15,16). The molecule has 0 amide bonds. The van der Waals surface area contributed by atoms with Crippen LogP contribution in [0.5, 0.6) is 0 Å². The summed E-state index contributed by atoms with van der Waals surface area (Å²) in [6.07, 6.45) is 0.451. The molecule has 2 aromatic rings. The summed E-state index contributed by atoms with van der Waals surface area (Å²) in [7, 11) is 0. The van der Waals surface area contributed by atoms with E-state index >= 15 is 0 Å². The first-order chi connectivity index (χ1) is 9.16. The van der Waals surface area contributed by atoms with Crippen LogP contribution in [0.3, 0.4) is 0 Å². The lowest BCUT2D eigenvalue weighted by Gasteiger charge is -2.05. The van der Waals surface area contributed by atoms with Gasteiger partial charge in [-0.2, -0.15) is 0 Å². The monoisotopic (exact) mass is 261 g/mol. The molecule has 0 bridgehead atoms. The van der Waals surface area contributed by atoms with Gasteiger partial charge in [0.1, 0.15) is 12.3 Å². The molecule has 0 saturated carbocycles. The number of nitrogens with two attached hydrogens (primary N) is 1. The molecule has 0 unspecified atom stereocenters. The number of hydrogen-bond acceptors (Lipinski definition) is 4. The van der Waals surface area contributed by atoms with Crippen molar-refractivity contribution in [3.8, 4) is 0 Å². The maximum atomic E-state index is 11.7. The van der Waals surface area contributed by atoms with Gasteiger partial charge in [0.05, 0.1) is 6.61 Å². The van der Waals surface area contributed by atoms with E-state index in [0.29, 0.717) is 24.2 Å². The Bertz CT molecular complexity index is 636. The molecule has 2 rings (SSSR count). The fourth-order valence-electron chi connectivity index (χ4n) is 1.66. The van der Waals surface area contributed by atoms with Crippen molar-refractivity contribution in [2.75, 3.05) is 13.3 Å². The predicted molar refractivity (Wildman–Crippen MR) is 72.1 cm³/mol. The van der Waals surface area contributed by atoms with Gasteiger partial charge >= 0.3 is 5.63 Å². The molecule has 0 spiro atoms. The highest BCUT2D eigenvalue weighted by atomic mass is 16.5. The van der Waals surface area contributed by atoms with Crippen LogP contribution in [0.25, 0.3) is 11.0 Å². The predicted octanol–water partition coefficient (Wildman–Crippen LogP) is 0.793. The first-order valence-electron chi connectivity index (χ1n) is 5.84. The van der Waals surface area contributed by atoms with Crippen LogP contribution in [0.2, 0.25) is 0 Å². The topological polar surface area (TPSA) is 101 Å². The van der Waals surface area contributed by atoms with E-state index < -0.39 is 0 Å². The van der Waals surface area contributed by atoms with Crippen molar-refractivity contribution in [3.05, 3.63) is 46.3 Å². The lowest BCUT2D eigenvalue weighted by atomic mass is 10.1. The van der Waals surface area contributed by atoms with E-state index in [1.54, 1.807) is 6.07 Å². The number of nitrogens with one attached hydrogen (secondary N) is 2. The van der Waals surface area contributed by atoms with Crippen molar-refractivity contribution in [2.45, 2.75) is 6.42 Å². The SMILES string of the molecule is N=C(N)NCOCCc1cc2ccccc2oc1=O. The first kappa shape index (κ1) is 13.1. The number of benzene rings is 1. The molecule has 0 saturated heterocycles. The minimum absolute atomic E-state index is 0.147. The zero-order chi connectivity index (χ0) is 13.7. The average Bonchev–Trinajstić information content (AvgIpc) is 2.38. The molecule has 0 aliphatic rings. The number of guanidine groups is 1. The summed E-state index contributed by atoms with van der Waals surface area (Å²) in [5, 5.41) is 10.3. The summed E-state index contributed by atoms with van der Waals surface area (Å²) in [5.41, 5.74) is 5.90. The number of ether oxygens (including phenoxy) is 1. The molecule has 1 aromatic heterocycles. The highest BCUT2D eigenvalue weighted by Gasteiger charge is 2.04. The van der Waals surface area contributed by atoms with Crippen LogP contribution < -0.4 is 16.7 Å². The third-order valence-corrected chi connectivity index (χ3v) is 2.59. The van der Waals surface area contributed by atoms with E-state index in [1.165, 1.54) is 0 Å². The summed E-state index contributed by atoms with van der Waals surface area (Å²) in [6, 6.07) is 9.16. The summed E-state index contributed by atoms with van der Waals surface area (Å²) in [4.78, 5) is 11.7. The van der Waals surface area contributed by atoms with Crippen LogP contribution >= 0.6 is 0 Å². The van der Waals surface area contributed by atoms with Gasteiger partial charge in [-0.05, 0) is 12.1 Å². The fraction of sp³-hybridized carbons (Fsp3) is 0.231. The lowest BCUT2D eigenvalue weighted by molar-refractivity contribution is 0.131. The minimum atomic E-state index is -0.346. The normalized spacial score (nSPS) is 10.5. The molecule has 100 valence electrons. The largest absolute Gasteiger partial charge is 0.423 e. The van der Waals surface area contributed by atoms with Crippen molar-refractivity contribution in [1.82, 2.24) is 5.32 Å². The molecule has 1 aromatic carbocycles. The van der Waals surface area contributed by atoms with Crippen LogP contribution in [-0.2, 0) is 11.2 Å². The zero-order valence-electron chi connectivity index (χ0n) is 10.3. The third-order valence-electron chi connectivity index (χ3n) is 2.59. The van der Waals surface area contributed by atoms with Crippen LogP contribution in [0.4, 0.5) is 0 Å². The Balaban J connectivity index is 1.98. The van der Waals surface area contributed by atoms with Crippen LogP contribution in [0.15, 0.2) is 39.5 Å². The van der Waals surface area contributed by atoms with E-state index in [2.05, 4.69) is 5.32 Å². The number of hydrogen-bond donors (Lipinski definition) is 3. The smallest absolute Gasteiger partial charge is 0.339 e. The van der Waals surface area contributed by atoms with Gasteiger partial charge in [0.15, 0.2) is 5.96 Å². The second-order valence-corrected chi connectivity index (χ2v) is 3.99. The molecule has 4 N–H and O–H groups in total. The van der Waals surface area contributed by atoms with E-state index in [4.69, 9.17) is 20.3 Å². The van der Waals surface area contributed by atoms with E-state index in [-0.39, 0.29) is 18.3 Å². The molecule has 0 aliphatic heterocycles. The first-order valence-corrected chi connectivity index (χ1v) is 5.84. The minimum Gasteiger partial charge on any atom is -0.423 e. The van der Waals surface area contributed by atoms with E-state index in [1.807, 2.05) is 24.3 Å². The van der Waals surface area contributed by atoms with Crippen LogP contribution in [-0.4, -0.2) is 19.3 Å². The fourth-order valence-corrected chi connectivity index (χ4v) is 1.66. The summed E-state index contributed by atoms with van der Waals surface area (Å²) in [5.74, 6) is -0.148. The van der Waals surface area contributed by atoms with E-state index in [9.17, 15) is 4.79 Å². The molecular weight excluding hydrogens is 246 g/mol. The Morgan fingerprint density at radius 2 is 2.21 bits per heavy atom. The van der Waals surface area contributed by atoms with Crippen molar-refractivity contribution in [3.63, 3.8) is 0 Å². The molecule has 6 heteroatoms. The van der Waals surface area contributed by atoms with Crippen molar-refractivity contribution < 1.29 is 9.15 Å². The Morgan fingerprint density at radius 1 is 1.42 bits per heavy atom. The van der Waals surface area contributed by atoms with Gasteiger partial charge < -0.3 is 20.2 Å². The van der Waals surface area contributed by atoms with Crippen LogP contribution in [0, 0.1) is 5.41 Å².